The van der Waals surface area contributed by atoms with E-state index in [-0.39, 0.29) is 30.9 Å². The van der Waals surface area contributed by atoms with Crippen molar-refractivity contribution in [1.82, 2.24) is 10.2 Å². The van der Waals surface area contributed by atoms with E-state index in [0.717, 1.165) is 35.1 Å². The Kier molecular flexibility index (Phi) is 5.35. The van der Waals surface area contributed by atoms with Crippen LogP contribution in [0.1, 0.15) is 43.2 Å². The molecular weight excluding hydrogens is 420 g/mol. The lowest BCUT2D eigenvalue weighted by molar-refractivity contribution is -0.156. The van der Waals surface area contributed by atoms with Gasteiger partial charge in [-0.1, -0.05) is 55.5 Å². The van der Waals surface area contributed by atoms with E-state index in [1.165, 1.54) is 4.90 Å². The predicted octanol–water partition coefficient (Wildman–Crippen LogP) is 3.63. The third kappa shape index (κ3) is 3.56. The van der Waals surface area contributed by atoms with Crippen LogP contribution in [-0.4, -0.2) is 53.2 Å². The molecule has 2 aromatic carbocycles. The molecule has 1 aliphatic heterocycles. The van der Waals surface area contributed by atoms with E-state index >= 15 is 0 Å². The maximum absolute atomic E-state index is 13.0. The number of aliphatic carboxylic acids is 1. The summed E-state index contributed by atoms with van der Waals surface area (Å²) >= 11 is 0. The quantitative estimate of drug-likeness (QED) is 0.704. The fourth-order valence-electron chi connectivity index (χ4n) is 5.61. The van der Waals surface area contributed by atoms with Gasteiger partial charge in [0.25, 0.3) is 0 Å². The van der Waals surface area contributed by atoms with E-state index in [9.17, 15) is 19.5 Å². The molecule has 2 aliphatic carbocycles. The van der Waals surface area contributed by atoms with Crippen LogP contribution in [0.4, 0.5) is 4.79 Å². The van der Waals surface area contributed by atoms with Gasteiger partial charge in [-0.2, -0.15) is 0 Å². The molecule has 0 aromatic heterocycles. The molecule has 172 valence electrons. The third-order valence-corrected chi connectivity index (χ3v) is 7.44. The Morgan fingerprint density at radius 1 is 1.12 bits per heavy atom. The molecule has 3 unspecified atom stereocenters. The zero-order chi connectivity index (χ0) is 23.2. The van der Waals surface area contributed by atoms with Crippen LogP contribution in [0.15, 0.2) is 48.5 Å². The number of piperidine rings is 1. The van der Waals surface area contributed by atoms with E-state index in [1.807, 2.05) is 24.3 Å². The van der Waals surface area contributed by atoms with Crippen molar-refractivity contribution in [2.45, 2.75) is 37.6 Å². The number of nitrogens with one attached hydrogen (secondary N) is 1. The molecule has 1 heterocycles. The minimum absolute atomic E-state index is 0.0298. The molecule has 2 amide bonds. The van der Waals surface area contributed by atoms with Gasteiger partial charge in [-0.3, -0.25) is 4.79 Å². The number of amides is 2. The van der Waals surface area contributed by atoms with Gasteiger partial charge in [0, 0.05) is 19.0 Å². The summed E-state index contributed by atoms with van der Waals surface area (Å²) < 4.78 is 5.53. The molecule has 33 heavy (non-hydrogen) atoms. The number of hydrogen-bond donors (Lipinski definition) is 2. The van der Waals surface area contributed by atoms with Crippen molar-refractivity contribution >= 4 is 18.0 Å². The number of likely N-dealkylation sites (tertiary alicyclic amines) is 1. The Balaban J connectivity index is 1.17. The third-order valence-electron chi connectivity index (χ3n) is 7.44. The van der Waals surface area contributed by atoms with Crippen molar-refractivity contribution in [3.8, 4) is 11.1 Å². The number of benzene rings is 2. The number of nitrogens with zero attached hydrogens (tertiary/aromatic N) is 1. The lowest BCUT2D eigenvalue weighted by Gasteiger charge is -2.35. The van der Waals surface area contributed by atoms with Crippen LogP contribution in [0.3, 0.4) is 0 Å². The molecule has 7 nitrogen and oxygen atoms in total. The van der Waals surface area contributed by atoms with Gasteiger partial charge < -0.3 is 20.1 Å². The average Bonchev–Trinajstić information content (AvgIpc) is 3.52. The highest BCUT2D eigenvalue weighted by Gasteiger charge is 2.66. The minimum Gasteiger partial charge on any atom is -0.479 e. The van der Waals surface area contributed by atoms with Crippen molar-refractivity contribution in [1.29, 1.82) is 0 Å². The van der Waals surface area contributed by atoms with Crippen LogP contribution < -0.4 is 5.32 Å². The average molecular weight is 449 g/mol. The summed E-state index contributed by atoms with van der Waals surface area (Å²) in [6.45, 7) is 2.48. The number of fused-ring (bicyclic) bond motifs is 4. The maximum Gasteiger partial charge on any atom is 0.407 e. The van der Waals surface area contributed by atoms with Crippen molar-refractivity contribution in [2.75, 3.05) is 19.7 Å². The number of alkyl carbamates (subject to hydrolysis) is 1. The van der Waals surface area contributed by atoms with E-state index in [0.29, 0.717) is 13.0 Å². The van der Waals surface area contributed by atoms with Gasteiger partial charge in [-0.15, -0.1) is 0 Å². The highest BCUT2D eigenvalue weighted by molar-refractivity contribution is 5.91. The predicted molar refractivity (Wildman–Crippen MR) is 122 cm³/mol. The minimum atomic E-state index is -1.03. The molecule has 7 heteroatoms. The second kappa shape index (κ2) is 8.21. The largest absolute Gasteiger partial charge is 0.479 e. The van der Waals surface area contributed by atoms with Crippen molar-refractivity contribution in [2.24, 2.45) is 11.8 Å². The lowest BCUT2D eigenvalue weighted by atomic mass is 9.98. The Hall–Kier alpha value is -3.35. The molecule has 3 atom stereocenters. The molecule has 3 aliphatic rings. The molecule has 2 N–H and O–H groups in total. The molecule has 1 saturated carbocycles. The van der Waals surface area contributed by atoms with Crippen molar-refractivity contribution < 1.29 is 24.2 Å². The van der Waals surface area contributed by atoms with Crippen LogP contribution in [-0.2, 0) is 14.3 Å². The number of carbonyl (C=O) groups is 3. The molecular formula is C26H28N2O5. The van der Waals surface area contributed by atoms with Gasteiger partial charge in [0.1, 0.15) is 12.1 Å². The van der Waals surface area contributed by atoms with E-state index in [4.69, 9.17) is 4.74 Å². The lowest BCUT2D eigenvalue weighted by Crippen LogP contribution is -2.54. The number of carboxylic acid groups (broad SMARTS) is 1. The first kappa shape index (κ1) is 21.5. The Labute approximate surface area is 192 Å². The summed E-state index contributed by atoms with van der Waals surface area (Å²) in [7, 11) is 0. The highest BCUT2D eigenvalue weighted by Crippen LogP contribution is 2.54. The number of hydrogen-bond acceptors (Lipinski definition) is 4. The molecule has 2 aromatic rings. The van der Waals surface area contributed by atoms with Gasteiger partial charge in [0.15, 0.2) is 0 Å². The number of rotatable bonds is 6. The first-order chi connectivity index (χ1) is 15.9. The summed E-state index contributed by atoms with van der Waals surface area (Å²) in [6, 6.07) is 16.3. The van der Waals surface area contributed by atoms with Crippen LogP contribution in [0.5, 0.6) is 0 Å². The van der Waals surface area contributed by atoms with Gasteiger partial charge >= 0.3 is 12.1 Å². The van der Waals surface area contributed by atoms with Crippen LogP contribution >= 0.6 is 0 Å². The number of ether oxygens (including phenoxy) is 1. The summed E-state index contributed by atoms with van der Waals surface area (Å²) in [6.07, 6.45) is 1.62. The second-order valence-electron chi connectivity index (χ2n) is 9.37. The Morgan fingerprint density at radius 3 is 2.39 bits per heavy atom. The molecule has 5 rings (SSSR count). The van der Waals surface area contributed by atoms with Gasteiger partial charge in [0.05, 0.1) is 5.92 Å². The standard InChI is InChI=1S/C26H28N2O5/c1-16(23(29)28-12-6-7-17-13-26(17,28)24(30)31)14-27-25(32)33-15-22-20-10-4-2-8-18(20)19-9-3-5-11-21(19)22/h2-5,8-11,16-17,22H,6-7,12-15H2,1H3,(H,27,32)(H,30,31). The summed E-state index contributed by atoms with van der Waals surface area (Å²) in [5.74, 6) is -1.65. The molecule has 2 fully saturated rings. The Morgan fingerprint density at radius 2 is 1.76 bits per heavy atom. The summed E-state index contributed by atoms with van der Waals surface area (Å²) in [5, 5.41) is 12.4. The fourth-order valence-corrected chi connectivity index (χ4v) is 5.61. The van der Waals surface area contributed by atoms with Gasteiger partial charge in [0.2, 0.25) is 5.91 Å². The highest BCUT2D eigenvalue weighted by atomic mass is 16.5. The Bertz CT molecular complexity index is 1070. The van der Waals surface area contributed by atoms with Crippen molar-refractivity contribution in [3.05, 3.63) is 59.7 Å². The maximum atomic E-state index is 13.0. The first-order valence-electron chi connectivity index (χ1n) is 11.6. The van der Waals surface area contributed by atoms with Crippen LogP contribution in [0.25, 0.3) is 11.1 Å². The van der Waals surface area contributed by atoms with Crippen LogP contribution in [0.2, 0.25) is 0 Å². The molecule has 0 spiro atoms. The normalized spacial score (nSPS) is 23.7. The smallest absolute Gasteiger partial charge is 0.407 e. The molecule has 0 bridgehead atoms. The van der Waals surface area contributed by atoms with Gasteiger partial charge in [-0.05, 0) is 47.4 Å². The van der Waals surface area contributed by atoms with Crippen molar-refractivity contribution in [3.63, 3.8) is 0 Å². The zero-order valence-corrected chi connectivity index (χ0v) is 18.6. The first-order valence-corrected chi connectivity index (χ1v) is 11.6. The van der Waals surface area contributed by atoms with E-state index < -0.39 is 23.5 Å². The number of carboxylic acids is 1. The zero-order valence-electron chi connectivity index (χ0n) is 18.6. The van der Waals surface area contributed by atoms with Crippen LogP contribution in [0, 0.1) is 11.8 Å². The summed E-state index contributed by atoms with van der Waals surface area (Å²) in [4.78, 5) is 38.7. The van der Waals surface area contributed by atoms with E-state index in [1.54, 1.807) is 6.92 Å². The number of carbonyl (C=O) groups excluding carboxylic acids is 2. The molecule has 0 radical (unpaired) electrons. The van der Waals surface area contributed by atoms with Gasteiger partial charge in [-0.25, -0.2) is 9.59 Å². The molecule has 1 saturated heterocycles. The monoisotopic (exact) mass is 448 g/mol. The van der Waals surface area contributed by atoms with E-state index in [2.05, 4.69) is 29.6 Å². The topological polar surface area (TPSA) is 95.9 Å². The SMILES string of the molecule is CC(CNC(=O)OCC1c2ccccc2-c2ccccc21)C(=O)N1CCCC2CC21C(=O)O. The second-order valence-corrected chi connectivity index (χ2v) is 9.37. The summed E-state index contributed by atoms with van der Waals surface area (Å²) in [5.41, 5.74) is 3.56. The fraction of sp³-hybridized carbons (Fsp3) is 0.423.